The highest BCUT2D eigenvalue weighted by atomic mass is 16.5. The fourth-order valence-electron chi connectivity index (χ4n) is 4.28. The molecule has 0 atom stereocenters. The normalized spacial score (nSPS) is 17.9. The lowest BCUT2D eigenvalue weighted by molar-refractivity contribution is 0.0763. The molecule has 0 radical (unpaired) electrons. The Bertz CT molecular complexity index is 872. The lowest BCUT2D eigenvalue weighted by atomic mass is 10.1. The monoisotopic (exact) mass is 409 g/mol. The van der Waals surface area contributed by atoms with Crippen LogP contribution in [0.2, 0.25) is 0 Å². The molecule has 1 aromatic heterocycles. The Hall–Kier alpha value is -2.60. The minimum absolute atomic E-state index is 0.0631. The van der Waals surface area contributed by atoms with Crippen molar-refractivity contribution in [2.45, 2.75) is 45.3 Å². The number of rotatable bonds is 6. The smallest absolute Gasteiger partial charge is 0.257 e. The van der Waals surface area contributed by atoms with E-state index in [0.29, 0.717) is 17.1 Å². The van der Waals surface area contributed by atoms with Crippen molar-refractivity contribution >= 4 is 5.91 Å². The van der Waals surface area contributed by atoms with Gasteiger partial charge in [0.1, 0.15) is 17.6 Å². The summed E-state index contributed by atoms with van der Waals surface area (Å²) in [5, 5.41) is 0. The van der Waals surface area contributed by atoms with Crippen molar-refractivity contribution in [1.29, 1.82) is 0 Å². The Labute approximate surface area is 178 Å². The third kappa shape index (κ3) is 4.93. The highest BCUT2D eigenvalue weighted by molar-refractivity contribution is 5.97. The maximum atomic E-state index is 13.0. The average molecular weight is 410 g/mol. The molecule has 2 aliphatic heterocycles. The molecule has 0 bridgehead atoms. The molecule has 0 aliphatic carbocycles. The second kappa shape index (κ2) is 9.47. The second-order valence-corrected chi connectivity index (χ2v) is 8.23. The summed E-state index contributed by atoms with van der Waals surface area (Å²) < 4.78 is 11.7. The Kier molecular flexibility index (Phi) is 6.53. The van der Waals surface area contributed by atoms with E-state index in [1.165, 1.54) is 0 Å². The molecule has 0 unspecified atom stereocenters. The van der Waals surface area contributed by atoms with Crippen molar-refractivity contribution in [1.82, 2.24) is 14.8 Å². The van der Waals surface area contributed by atoms with Crippen LogP contribution in [0.1, 0.15) is 47.4 Å². The quantitative estimate of drug-likeness (QED) is 0.729. The molecule has 1 amide bonds. The first-order valence-corrected chi connectivity index (χ1v) is 10.9. The minimum atomic E-state index is 0.0631. The molecule has 160 valence electrons. The molecule has 1 aromatic carbocycles. The van der Waals surface area contributed by atoms with Crippen molar-refractivity contribution in [3.63, 3.8) is 0 Å². The molecule has 3 heterocycles. The van der Waals surface area contributed by atoms with Gasteiger partial charge in [-0.15, -0.1) is 0 Å². The second-order valence-electron chi connectivity index (χ2n) is 8.23. The zero-order valence-electron chi connectivity index (χ0n) is 18.0. The minimum Gasteiger partial charge on any atom is -0.497 e. The number of piperidine rings is 1. The summed E-state index contributed by atoms with van der Waals surface area (Å²) in [4.78, 5) is 21.9. The Morgan fingerprint density at radius 2 is 1.87 bits per heavy atom. The maximum Gasteiger partial charge on any atom is 0.257 e. The molecular formula is C24H31N3O3. The number of amides is 1. The van der Waals surface area contributed by atoms with Gasteiger partial charge in [-0.1, -0.05) is 6.07 Å². The van der Waals surface area contributed by atoms with Gasteiger partial charge in [-0.05, 0) is 56.9 Å². The topological polar surface area (TPSA) is 54.9 Å². The highest BCUT2D eigenvalue weighted by Gasteiger charge is 2.26. The van der Waals surface area contributed by atoms with Gasteiger partial charge in [-0.2, -0.15) is 0 Å². The number of pyridine rings is 1. The molecule has 4 rings (SSSR count). The van der Waals surface area contributed by atoms with E-state index in [1.807, 2.05) is 36.1 Å². The van der Waals surface area contributed by atoms with Crippen LogP contribution in [-0.4, -0.2) is 60.1 Å². The number of carbonyl (C=O) groups is 1. The largest absolute Gasteiger partial charge is 0.497 e. The molecule has 2 aliphatic rings. The molecule has 30 heavy (non-hydrogen) atoms. The van der Waals surface area contributed by atoms with Crippen LogP contribution in [0.5, 0.6) is 11.5 Å². The van der Waals surface area contributed by atoms with Gasteiger partial charge in [0, 0.05) is 44.5 Å². The first-order chi connectivity index (χ1) is 14.6. The van der Waals surface area contributed by atoms with Gasteiger partial charge in [0.15, 0.2) is 0 Å². The van der Waals surface area contributed by atoms with Crippen LogP contribution < -0.4 is 9.47 Å². The zero-order valence-corrected chi connectivity index (χ0v) is 18.0. The van der Waals surface area contributed by atoms with Gasteiger partial charge < -0.3 is 14.4 Å². The van der Waals surface area contributed by atoms with Crippen molar-refractivity contribution < 1.29 is 14.3 Å². The van der Waals surface area contributed by atoms with Crippen LogP contribution in [-0.2, 0) is 6.54 Å². The van der Waals surface area contributed by atoms with E-state index in [-0.39, 0.29) is 12.0 Å². The molecule has 2 aromatic rings. The van der Waals surface area contributed by atoms with E-state index >= 15 is 0 Å². The fourth-order valence-corrected chi connectivity index (χ4v) is 4.28. The van der Waals surface area contributed by atoms with E-state index in [2.05, 4.69) is 22.0 Å². The number of benzene rings is 1. The number of aryl methyl sites for hydroxylation is 1. The molecule has 6 heteroatoms. The summed E-state index contributed by atoms with van der Waals surface area (Å²) in [5.41, 5.74) is 2.81. The van der Waals surface area contributed by atoms with Crippen LogP contribution in [0.4, 0.5) is 0 Å². The van der Waals surface area contributed by atoms with Gasteiger partial charge in [0.2, 0.25) is 0 Å². The number of ether oxygens (including phenoxy) is 2. The molecule has 2 fully saturated rings. The summed E-state index contributed by atoms with van der Waals surface area (Å²) in [6, 6.07) is 11.7. The Morgan fingerprint density at radius 3 is 2.57 bits per heavy atom. The first kappa shape index (κ1) is 20.7. The van der Waals surface area contributed by atoms with Crippen molar-refractivity contribution in [3.8, 4) is 11.5 Å². The van der Waals surface area contributed by atoms with Gasteiger partial charge >= 0.3 is 0 Å². The third-order valence-corrected chi connectivity index (χ3v) is 5.97. The van der Waals surface area contributed by atoms with E-state index in [4.69, 9.17) is 9.47 Å². The summed E-state index contributed by atoms with van der Waals surface area (Å²) >= 11 is 0. The van der Waals surface area contributed by atoms with Crippen LogP contribution in [0.3, 0.4) is 0 Å². The van der Waals surface area contributed by atoms with Crippen LogP contribution >= 0.6 is 0 Å². The van der Waals surface area contributed by atoms with Gasteiger partial charge in [0.05, 0.1) is 18.4 Å². The highest BCUT2D eigenvalue weighted by Crippen LogP contribution is 2.30. The lowest BCUT2D eigenvalue weighted by Crippen LogP contribution is -2.38. The molecule has 2 saturated heterocycles. The molecule has 6 nitrogen and oxygen atoms in total. The third-order valence-electron chi connectivity index (χ3n) is 5.97. The predicted molar refractivity (Wildman–Crippen MR) is 116 cm³/mol. The molecule has 0 N–H and O–H groups in total. The van der Waals surface area contributed by atoms with E-state index in [9.17, 15) is 4.79 Å². The summed E-state index contributed by atoms with van der Waals surface area (Å²) in [6.07, 6.45) is 4.11. The van der Waals surface area contributed by atoms with Crippen molar-refractivity contribution in [3.05, 3.63) is 53.3 Å². The van der Waals surface area contributed by atoms with Crippen molar-refractivity contribution in [2.24, 2.45) is 0 Å². The number of hydrogen-bond donors (Lipinski definition) is 0. The first-order valence-electron chi connectivity index (χ1n) is 10.9. The van der Waals surface area contributed by atoms with Crippen LogP contribution in [0.25, 0.3) is 0 Å². The predicted octanol–water partition coefficient (Wildman–Crippen LogP) is 3.68. The Balaban J connectivity index is 1.39. The number of hydrogen-bond acceptors (Lipinski definition) is 5. The van der Waals surface area contributed by atoms with Gasteiger partial charge in [-0.25, -0.2) is 0 Å². The molecular weight excluding hydrogens is 378 g/mol. The summed E-state index contributed by atoms with van der Waals surface area (Å²) in [6.45, 7) is 6.47. The maximum absolute atomic E-state index is 13.0. The fraction of sp³-hybridized carbons (Fsp3) is 0.500. The lowest BCUT2D eigenvalue weighted by Gasteiger charge is -2.32. The molecule has 0 saturated carbocycles. The standard InChI is InChI=1S/C24H31N3O3/c1-18-6-5-7-19(25-18)17-26-14-10-20(11-15-26)30-23-16-21(29-2)8-9-22(23)24(28)27-12-3-4-13-27/h5-9,16,20H,3-4,10-15,17H2,1-2H3. The zero-order chi connectivity index (χ0) is 20.9. The number of likely N-dealkylation sites (tertiary alicyclic amines) is 2. The number of aromatic nitrogens is 1. The van der Waals surface area contributed by atoms with E-state index < -0.39 is 0 Å². The van der Waals surface area contributed by atoms with Crippen molar-refractivity contribution in [2.75, 3.05) is 33.3 Å². The van der Waals surface area contributed by atoms with Crippen LogP contribution in [0.15, 0.2) is 36.4 Å². The number of carbonyl (C=O) groups excluding carboxylic acids is 1. The number of nitrogens with zero attached hydrogens (tertiary/aromatic N) is 3. The van der Waals surface area contributed by atoms with Crippen LogP contribution in [0, 0.1) is 6.92 Å². The average Bonchev–Trinajstić information content (AvgIpc) is 3.30. The van der Waals surface area contributed by atoms with Gasteiger partial charge in [0.25, 0.3) is 5.91 Å². The number of methoxy groups -OCH3 is 1. The summed E-state index contributed by atoms with van der Waals surface area (Å²) in [7, 11) is 1.64. The van der Waals surface area contributed by atoms with E-state index in [0.717, 1.165) is 69.8 Å². The summed E-state index contributed by atoms with van der Waals surface area (Å²) in [5.74, 6) is 1.42. The van der Waals surface area contributed by atoms with Gasteiger partial charge in [-0.3, -0.25) is 14.7 Å². The SMILES string of the molecule is COc1ccc(C(=O)N2CCCC2)c(OC2CCN(Cc3cccc(C)n3)CC2)c1. The Morgan fingerprint density at radius 1 is 1.10 bits per heavy atom. The molecule has 0 spiro atoms. The van der Waals surface area contributed by atoms with E-state index in [1.54, 1.807) is 7.11 Å².